The van der Waals surface area contributed by atoms with Gasteiger partial charge in [-0.1, -0.05) is 0 Å². The Hall–Kier alpha value is -0.660. The zero-order chi connectivity index (χ0) is 12.4. The zero-order valence-electron chi connectivity index (χ0n) is 9.52. The van der Waals surface area contributed by atoms with Crippen molar-refractivity contribution in [3.8, 4) is 0 Å². The predicted molar refractivity (Wildman–Crippen MR) is 59.1 cm³/mol. The highest BCUT2D eigenvalue weighted by Gasteiger charge is 2.43. The first-order chi connectivity index (χ1) is 7.33. The van der Waals surface area contributed by atoms with Gasteiger partial charge in [-0.15, -0.1) is 0 Å². The van der Waals surface area contributed by atoms with Crippen molar-refractivity contribution in [2.45, 2.75) is 25.3 Å². The second kappa shape index (κ2) is 4.68. The molecule has 6 nitrogen and oxygen atoms in total. The average molecular weight is 250 g/mol. The predicted octanol–water partition coefficient (Wildman–Crippen LogP) is -0.794. The Labute approximate surface area is 95.6 Å². The lowest BCUT2D eigenvalue weighted by molar-refractivity contribution is -0.137. The third kappa shape index (κ3) is 3.43. The number of nitrogens with two attached hydrogens (primary N) is 1. The monoisotopic (exact) mass is 250 g/mol. The Kier molecular flexibility index (Phi) is 3.92. The minimum absolute atomic E-state index is 0.220. The SMILES string of the molecule is COC(=O)CS(=O)(=O)NC(C)(CN)C1CC1. The molecule has 0 amide bonds. The van der Waals surface area contributed by atoms with E-state index in [0.717, 1.165) is 20.0 Å². The van der Waals surface area contributed by atoms with Crippen LogP contribution >= 0.6 is 0 Å². The lowest BCUT2D eigenvalue weighted by atomic mass is 9.98. The number of hydrogen-bond acceptors (Lipinski definition) is 5. The van der Waals surface area contributed by atoms with Gasteiger partial charge >= 0.3 is 5.97 Å². The lowest BCUT2D eigenvalue weighted by Gasteiger charge is -2.28. The highest BCUT2D eigenvalue weighted by Crippen LogP contribution is 2.39. The number of rotatable bonds is 6. The Balaban J connectivity index is 2.67. The van der Waals surface area contributed by atoms with Gasteiger partial charge in [-0.25, -0.2) is 13.1 Å². The average Bonchev–Trinajstić information content (AvgIpc) is 2.99. The molecule has 0 aromatic rings. The molecule has 16 heavy (non-hydrogen) atoms. The molecule has 0 radical (unpaired) electrons. The summed E-state index contributed by atoms with van der Waals surface area (Å²) in [7, 11) is -2.52. The first kappa shape index (κ1) is 13.4. The third-order valence-electron chi connectivity index (χ3n) is 2.83. The van der Waals surface area contributed by atoms with Crippen LogP contribution in [0.15, 0.2) is 0 Å². The van der Waals surface area contributed by atoms with Crippen LogP contribution in [0.4, 0.5) is 0 Å². The summed E-state index contributed by atoms with van der Waals surface area (Å²) >= 11 is 0. The molecule has 1 aliphatic rings. The van der Waals surface area contributed by atoms with Crippen LogP contribution < -0.4 is 10.5 Å². The molecule has 0 aliphatic heterocycles. The highest BCUT2D eigenvalue weighted by molar-refractivity contribution is 7.90. The number of methoxy groups -OCH3 is 1. The van der Waals surface area contributed by atoms with E-state index in [1.165, 1.54) is 0 Å². The zero-order valence-corrected chi connectivity index (χ0v) is 10.3. The van der Waals surface area contributed by atoms with Crippen LogP contribution in [0, 0.1) is 5.92 Å². The van der Waals surface area contributed by atoms with E-state index >= 15 is 0 Å². The normalized spacial score (nSPS) is 20.2. The Morgan fingerprint density at radius 3 is 2.50 bits per heavy atom. The Morgan fingerprint density at radius 2 is 2.12 bits per heavy atom. The summed E-state index contributed by atoms with van der Waals surface area (Å²) in [6, 6.07) is 0. The second-order valence-electron chi connectivity index (χ2n) is 4.33. The number of hydrogen-bond donors (Lipinski definition) is 2. The lowest BCUT2D eigenvalue weighted by Crippen LogP contribution is -2.54. The Bertz CT molecular complexity index is 364. The van der Waals surface area contributed by atoms with Crippen LogP contribution in [0.2, 0.25) is 0 Å². The molecule has 7 heteroatoms. The van der Waals surface area contributed by atoms with Gasteiger partial charge in [-0.3, -0.25) is 4.79 Å². The van der Waals surface area contributed by atoms with E-state index in [-0.39, 0.29) is 12.5 Å². The van der Waals surface area contributed by atoms with Crippen molar-refractivity contribution in [3.05, 3.63) is 0 Å². The van der Waals surface area contributed by atoms with Gasteiger partial charge in [0.2, 0.25) is 10.0 Å². The van der Waals surface area contributed by atoms with E-state index in [2.05, 4.69) is 9.46 Å². The first-order valence-electron chi connectivity index (χ1n) is 5.11. The molecule has 94 valence electrons. The number of nitrogens with one attached hydrogen (secondary N) is 1. The van der Waals surface area contributed by atoms with Crippen LogP contribution in [0.25, 0.3) is 0 Å². The van der Waals surface area contributed by atoms with Crippen molar-refractivity contribution in [3.63, 3.8) is 0 Å². The van der Waals surface area contributed by atoms with Gasteiger partial charge in [0.1, 0.15) is 0 Å². The number of esters is 1. The molecule has 3 N–H and O–H groups in total. The largest absolute Gasteiger partial charge is 0.468 e. The Morgan fingerprint density at radius 1 is 1.56 bits per heavy atom. The molecule has 1 rings (SSSR count). The number of ether oxygens (including phenoxy) is 1. The topological polar surface area (TPSA) is 98.5 Å². The fraction of sp³-hybridized carbons (Fsp3) is 0.889. The molecule has 1 saturated carbocycles. The molecular weight excluding hydrogens is 232 g/mol. The molecule has 0 spiro atoms. The van der Waals surface area contributed by atoms with Crippen LogP contribution in [0.3, 0.4) is 0 Å². The van der Waals surface area contributed by atoms with Crippen LogP contribution in [-0.4, -0.2) is 39.3 Å². The van der Waals surface area contributed by atoms with Gasteiger partial charge in [-0.05, 0) is 25.7 Å². The van der Waals surface area contributed by atoms with Crippen molar-refractivity contribution < 1.29 is 17.9 Å². The molecule has 0 bridgehead atoms. The van der Waals surface area contributed by atoms with Crippen molar-refractivity contribution in [2.75, 3.05) is 19.4 Å². The molecule has 0 aromatic heterocycles. The van der Waals surface area contributed by atoms with E-state index < -0.39 is 27.3 Å². The van der Waals surface area contributed by atoms with Gasteiger partial charge in [0.15, 0.2) is 5.75 Å². The van der Waals surface area contributed by atoms with Gasteiger partial charge < -0.3 is 10.5 Å². The quantitative estimate of drug-likeness (QED) is 0.602. The molecular formula is C9H18N2O4S. The van der Waals surface area contributed by atoms with Gasteiger partial charge in [0, 0.05) is 12.1 Å². The van der Waals surface area contributed by atoms with E-state index in [4.69, 9.17) is 5.73 Å². The van der Waals surface area contributed by atoms with Crippen LogP contribution in [0.1, 0.15) is 19.8 Å². The van der Waals surface area contributed by atoms with E-state index in [1.807, 2.05) is 0 Å². The molecule has 0 saturated heterocycles. The summed E-state index contributed by atoms with van der Waals surface area (Å²) in [5, 5.41) is 0. The second-order valence-corrected chi connectivity index (χ2v) is 6.06. The molecule has 1 atom stereocenters. The van der Waals surface area contributed by atoms with Gasteiger partial charge in [0.25, 0.3) is 0 Å². The fourth-order valence-electron chi connectivity index (χ4n) is 1.62. The van der Waals surface area contributed by atoms with Gasteiger partial charge in [0.05, 0.1) is 7.11 Å². The van der Waals surface area contributed by atoms with Gasteiger partial charge in [-0.2, -0.15) is 0 Å². The molecule has 1 unspecified atom stereocenters. The van der Waals surface area contributed by atoms with Crippen molar-refractivity contribution in [2.24, 2.45) is 11.7 Å². The van der Waals surface area contributed by atoms with Crippen molar-refractivity contribution in [1.82, 2.24) is 4.72 Å². The molecule has 1 aliphatic carbocycles. The number of sulfonamides is 1. The maximum absolute atomic E-state index is 11.6. The number of carbonyl (C=O) groups is 1. The maximum Gasteiger partial charge on any atom is 0.322 e. The minimum atomic E-state index is -3.67. The van der Waals surface area contributed by atoms with Crippen LogP contribution in [-0.2, 0) is 19.6 Å². The summed E-state index contributed by atoms with van der Waals surface area (Å²) in [5.41, 5.74) is 4.93. The summed E-state index contributed by atoms with van der Waals surface area (Å²) in [5.74, 6) is -1.17. The van der Waals surface area contributed by atoms with E-state index in [0.29, 0.717) is 0 Å². The standard InChI is InChI=1S/C9H18N2O4S/c1-9(6-10,7-3-4-7)11-16(13,14)5-8(12)15-2/h7,11H,3-6,10H2,1-2H3. The molecule has 0 aromatic carbocycles. The van der Waals surface area contributed by atoms with Crippen molar-refractivity contribution in [1.29, 1.82) is 0 Å². The number of carbonyl (C=O) groups excluding carboxylic acids is 1. The van der Waals surface area contributed by atoms with E-state index in [1.54, 1.807) is 6.92 Å². The first-order valence-corrected chi connectivity index (χ1v) is 6.77. The molecule has 0 heterocycles. The summed E-state index contributed by atoms with van der Waals surface area (Å²) < 4.78 is 30.1. The summed E-state index contributed by atoms with van der Waals surface area (Å²) in [6.07, 6.45) is 1.93. The van der Waals surface area contributed by atoms with E-state index in [9.17, 15) is 13.2 Å². The summed E-state index contributed by atoms with van der Waals surface area (Å²) in [4.78, 5) is 10.9. The smallest absolute Gasteiger partial charge is 0.322 e. The van der Waals surface area contributed by atoms with Crippen LogP contribution in [0.5, 0.6) is 0 Å². The highest BCUT2D eigenvalue weighted by atomic mass is 32.2. The fourth-order valence-corrected chi connectivity index (χ4v) is 3.08. The van der Waals surface area contributed by atoms with Crippen molar-refractivity contribution >= 4 is 16.0 Å². The molecule has 1 fully saturated rings. The maximum atomic E-state index is 11.6. The minimum Gasteiger partial charge on any atom is -0.468 e. The third-order valence-corrected chi connectivity index (χ3v) is 4.22. The summed E-state index contributed by atoms with van der Waals surface area (Å²) in [6.45, 7) is 1.98.